The van der Waals surface area contributed by atoms with Gasteiger partial charge in [0.2, 0.25) is 5.91 Å². The molecule has 9 nitrogen and oxygen atoms in total. The van der Waals surface area contributed by atoms with Crippen molar-refractivity contribution >= 4 is 29.3 Å². The van der Waals surface area contributed by atoms with Crippen LogP contribution in [0.4, 0.5) is 21.0 Å². The van der Waals surface area contributed by atoms with Gasteiger partial charge in [-0.3, -0.25) is 4.79 Å². The number of carbonyl (C=O) groups is 3. The highest BCUT2D eigenvalue weighted by Gasteiger charge is 2.31. The maximum absolute atomic E-state index is 12.8. The lowest BCUT2D eigenvalue weighted by atomic mass is 9.97. The van der Waals surface area contributed by atoms with Crippen LogP contribution in [0.1, 0.15) is 31.4 Å². The molecule has 1 aromatic heterocycles. The van der Waals surface area contributed by atoms with Crippen molar-refractivity contribution < 1.29 is 18.8 Å². The molecule has 0 spiro atoms. The van der Waals surface area contributed by atoms with Crippen LogP contribution in [0.3, 0.4) is 0 Å². The van der Waals surface area contributed by atoms with Crippen molar-refractivity contribution in [3.8, 4) is 0 Å². The highest BCUT2D eigenvalue weighted by atomic mass is 16.3. The SMILES string of the molecule is O=C(NCc1ccco1)Nc1ccc(NC(=O)C2CCCN(C(=O)N3CCCC3)C2)cc1. The minimum Gasteiger partial charge on any atom is -0.467 e. The number of urea groups is 2. The number of carbonyl (C=O) groups excluding carboxylic acids is 3. The third-order valence-corrected chi connectivity index (χ3v) is 5.85. The van der Waals surface area contributed by atoms with Crippen molar-refractivity contribution in [1.82, 2.24) is 15.1 Å². The fraction of sp³-hybridized carbons (Fsp3) is 0.435. The van der Waals surface area contributed by atoms with Gasteiger partial charge in [0.1, 0.15) is 5.76 Å². The van der Waals surface area contributed by atoms with Crippen LogP contribution in [0.5, 0.6) is 0 Å². The smallest absolute Gasteiger partial charge is 0.320 e. The molecule has 5 amide bonds. The molecule has 1 aromatic carbocycles. The molecule has 2 saturated heterocycles. The summed E-state index contributed by atoms with van der Waals surface area (Å²) in [6.45, 7) is 3.09. The highest BCUT2D eigenvalue weighted by molar-refractivity contribution is 5.94. The van der Waals surface area contributed by atoms with Crippen LogP contribution in [0.2, 0.25) is 0 Å². The number of nitrogens with zero attached hydrogens (tertiary/aromatic N) is 2. The number of likely N-dealkylation sites (tertiary alicyclic amines) is 2. The van der Waals surface area contributed by atoms with Crippen LogP contribution in [0, 0.1) is 5.92 Å². The van der Waals surface area contributed by atoms with Crippen molar-refractivity contribution in [2.45, 2.75) is 32.2 Å². The molecule has 0 radical (unpaired) electrons. The number of nitrogens with one attached hydrogen (secondary N) is 3. The first-order valence-corrected chi connectivity index (χ1v) is 11.1. The highest BCUT2D eigenvalue weighted by Crippen LogP contribution is 2.22. The summed E-state index contributed by atoms with van der Waals surface area (Å²) >= 11 is 0. The fourth-order valence-corrected chi connectivity index (χ4v) is 4.11. The van der Waals surface area contributed by atoms with Gasteiger partial charge in [0.25, 0.3) is 0 Å². The largest absolute Gasteiger partial charge is 0.467 e. The number of anilines is 2. The first kappa shape index (κ1) is 21.7. The molecule has 1 unspecified atom stereocenters. The Bertz CT molecular complexity index is 922. The predicted octanol–water partition coefficient (Wildman–Crippen LogP) is 3.47. The summed E-state index contributed by atoms with van der Waals surface area (Å²) in [5, 5.41) is 8.38. The zero-order valence-corrected chi connectivity index (χ0v) is 18.0. The lowest BCUT2D eigenvalue weighted by Gasteiger charge is -2.34. The van der Waals surface area contributed by atoms with Gasteiger partial charge < -0.3 is 30.2 Å². The molecule has 9 heteroatoms. The number of furan rings is 1. The molecule has 3 heterocycles. The average molecular weight is 440 g/mol. The van der Waals surface area contributed by atoms with Crippen LogP contribution >= 0.6 is 0 Å². The second-order valence-corrected chi connectivity index (χ2v) is 8.22. The van der Waals surface area contributed by atoms with Gasteiger partial charge in [-0.1, -0.05) is 0 Å². The zero-order chi connectivity index (χ0) is 22.3. The van der Waals surface area contributed by atoms with E-state index in [1.807, 2.05) is 9.80 Å². The molecular formula is C23H29N5O4. The zero-order valence-electron chi connectivity index (χ0n) is 18.0. The van der Waals surface area contributed by atoms with E-state index in [0.717, 1.165) is 38.8 Å². The minimum atomic E-state index is -0.344. The van der Waals surface area contributed by atoms with Crippen molar-refractivity contribution in [3.63, 3.8) is 0 Å². The van der Waals surface area contributed by atoms with E-state index in [4.69, 9.17) is 4.42 Å². The Kier molecular flexibility index (Phi) is 6.94. The summed E-state index contributed by atoms with van der Waals surface area (Å²) in [6.07, 6.45) is 5.26. The van der Waals surface area contributed by atoms with E-state index in [1.54, 1.807) is 42.7 Å². The Morgan fingerprint density at radius 2 is 1.59 bits per heavy atom. The number of piperidine rings is 1. The van der Waals surface area contributed by atoms with Crippen LogP contribution in [0.25, 0.3) is 0 Å². The van der Waals surface area contributed by atoms with Crippen molar-refractivity contribution in [3.05, 3.63) is 48.4 Å². The van der Waals surface area contributed by atoms with Gasteiger partial charge in [-0.25, -0.2) is 9.59 Å². The second-order valence-electron chi connectivity index (χ2n) is 8.22. The number of hydrogen-bond donors (Lipinski definition) is 3. The quantitative estimate of drug-likeness (QED) is 0.663. The number of benzene rings is 1. The van der Waals surface area contributed by atoms with Gasteiger partial charge >= 0.3 is 12.1 Å². The van der Waals surface area contributed by atoms with Gasteiger partial charge in [0.05, 0.1) is 18.7 Å². The van der Waals surface area contributed by atoms with E-state index < -0.39 is 0 Å². The molecule has 0 saturated carbocycles. The lowest BCUT2D eigenvalue weighted by Crippen LogP contribution is -2.48. The molecule has 170 valence electrons. The summed E-state index contributed by atoms with van der Waals surface area (Å²) < 4.78 is 5.18. The van der Waals surface area contributed by atoms with E-state index >= 15 is 0 Å². The predicted molar refractivity (Wildman–Crippen MR) is 120 cm³/mol. The summed E-state index contributed by atoms with van der Waals surface area (Å²) in [5.74, 6) is 0.364. The maximum Gasteiger partial charge on any atom is 0.320 e. The summed E-state index contributed by atoms with van der Waals surface area (Å²) in [5.41, 5.74) is 1.26. The van der Waals surface area contributed by atoms with Crippen LogP contribution < -0.4 is 16.0 Å². The third kappa shape index (κ3) is 5.60. The Morgan fingerprint density at radius 3 is 2.28 bits per heavy atom. The second kappa shape index (κ2) is 10.2. The van der Waals surface area contributed by atoms with Crippen LogP contribution in [0.15, 0.2) is 47.1 Å². The molecule has 4 rings (SSSR count). The normalized spacial score (nSPS) is 18.3. The third-order valence-electron chi connectivity index (χ3n) is 5.85. The Morgan fingerprint density at radius 1 is 0.906 bits per heavy atom. The molecule has 0 bridgehead atoms. The topological polar surface area (TPSA) is 107 Å². The summed E-state index contributed by atoms with van der Waals surface area (Å²) in [4.78, 5) is 41.1. The standard InChI is InChI=1S/C23H29N5O4/c29-21(17-5-3-13-28(16-17)23(31)27-11-1-2-12-27)25-18-7-9-19(10-8-18)26-22(30)24-15-20-6-4-14-32-20/h4,6-10,14,17H,1-3,5,11-13,15-16H2,(H,25,29)(H2,24,26,30). The molecule has 32 heavy (non-hydrogen) atoms. The number of rotatable bonds is 5. The van der Waals surface area contributed by atoms with Crippen molar-refractivity contribution in [2.75, 3.05) is 36.8 Å². The van der Waals surface area contributed by atoms with Crippen molar-refractivity contribution in [1.29, 1.82) is 0 Å². The van der Waals surface area contributed by atoms with Crippen molar-refractivity contribution in [2.24, 2.45) is 5.92 Å². The Labute approximate surface area is 187 Å². The summed E-state index contributed by atoms with van der Waals surface area (Å²) in [6, 6.07) is 10.2. The Balaban J connectivity index is 1.24. The van der Waals surface area contributed by atoms with Gasteiger partial charge in [-0.15, -0.1) is 0 Å². The van der Waals surface area contributed by atoms with Gasteiger partial charge in [0, 0.05) is 37.6 Å². The Hall–Kier alpha value is -3.49. The lowest BCUT2D eigenvalue weighted by molar-refractivity contribution is -0.121. The van der Waals surface area contributed by atoms with Gasteiger partial charge in [-0.2, -0.15) is 0 Å². The monoisotopic (exact) mass is 439 g/mol. The van der Waals surface area contributed by atoms with E-state index in [-0.39, 0.29) is 23.9 Å². The van der Waals surface area contributed by atoms with E-state index in [2.05, 4.69) is 16.0 Å². The van der Waals surface area contributed by atoms with Crippen LogP contribution in [-0.4, -0.2) is 53.9 Å². The van der Waals surface area contributed by atoms with Gasteiger partial charge in [-0.05, 0) is 62.1 Å². The molecule has 2 fully saturated rings. The molecular weight excluding hydrogens is 410 g/mol. The summed E-state index contributed by atoms with van der Waals surface area (Å²) in [7, 11) is 0. The van der Waals surface area contributed by atoms with E-state index in [9.17, 15) is 14.4 Å². The minimum absolute atomic E-state index is 0.0563. The first-order valence-electron chi connectivity index (χ1n) is 11.1. The molecule has 2 aliphatic rings. The van der Waals surface area contributed by atoms with Crippen LogP contribution in [-0.2, 0) is 11.3 Å². The van der Waals surface area contributed by atoms with Gasteiger partial charge in [0.15, 0.2) is 0 Å². The fourth-order valence-electron chi connectivity index (χ4n) is 4.11. The van der Waals surface area contributed by atoms with E-state index in [1.165, 1.54) is 0 Å². The molecule has 3 N–H and O–H groups in total. The van der Waals surface area contributed by atoms with E-state index in [0.29, 0.717) is 36.8 Å². The number of hydrogen-bond acceptors (Lipinski definition) is 4. The molecule has 1 atom stereocenters. The molecule has 0 aliphatic carbocycles. The molecule has 2 aromatic rings. The first-order chi connectivity index (χ1) is 15.6. The number of amides is 5. The maximum atomic E-state index is 12.8. The molecule has 2 aliphatic heterocycles. The average Bonchev–Trinajstić information content (AvgIpc) is 3.53.